The van der Waals surface area contributed by atoms with Crippen molar-refractivity contribution >= 4 is 17.3 Å². The Bertz CT molecular complexity index is 450. The summed E-state index contributed by atoms with van der Waals surface area (Å²) < 4.78 is 0. The van der Waals surface area contributed by atoms with Crippen LogP contribution in [0.5, 0.6) is 0 Å². The highest BCUT2D eigenvalue weighted by Crippen LogP contribution is 2.22. The van der Waals surface area contributed by atoms with Gasteiger partial charge in [0.25, 0.3) is 5.69 Å². The standard InChI is InChI=1S/C12H18N4O3/c1-13-7-8-15(2)9-12(17)14-10-5-3-4-6-11(10)16(18)19/h3-6,13H,7-9H2,1-2H3,(H,14,17). The quantitative estimate of drug-likeness (QED) is 0.560. The van der Waals surface area contributed by atoms with Crippen LogP contribution in [0.15, 0.2) is 24.3 Å². The first-order valence-corrected chi connectivity index (χ1v) is 5.91. The number of nitro benzene ring substituents is 1. The molecule has 1 rings (SSSR count). The van der Waals surface area contributed by atoms with E-state index in [1.165, 1.54) is 12.1 Å². The third-order valence-corrected chi connectivity index (χ3v) is 2.53. The lowest BCUT2D eigenvalue weighted by Gasteiger charge is -2.15. The zero-order valence-corrected chi connectivity index (χ0v) is 11.0. The van der Waals surface area contributed by atoms with Crippen molar-refractivity contribution in [3.63, 3.8) is 0 Å². The molecule has 0 saturated heterocycles. The van der Waals surface area contributed by atoms with E-state index in [9.17, 15) is 14.9 Å². The van der Waals surface area contributed by atoms with Gasteiger partial charge in [0, 0.05) is 19.2 Å². The fraction of sp³-hybridized carbons (Fsp3) is 0.417. The van der Waals surface area contributed by atoms with E-state index in [2.05, 4.69) is 10.6 Å². The minimum atomic E-state index is -0.514. The molecule has 0 fully saturated rings. The van der Waals surface area contributed by atoms with Gasteiger partial charge in [0.2, 0.25) is 5.91 Å². The molecule has 1 aromatic carbocycles. The van der Waals surface area contributed by atoms with Crippen LogP contribution in [-0.2, 0) is 4.79 Å². The van der Waals surface area contributed by atoms with Crippen molar-refractivity contribution < 1.29 is 9.72 Å². The number of carbonyl (C=O) groups excluding carboxylic acids is 1. The summed E-state index contributed by atoms with van der Waals surface area (Å²) in [5.41, 5.74) is 0.119. The van der Waals surface area contributed by atoms with Crippen LogP contribution in [0.2, 0.25) is 0 Å². The highest BCUT2D eigenvalue weighted by atomic mass is 16.6. The number of nitro groups is 1. The average molecular weight is 266 g/mol. The van der Waals surface area contributed by atoms with Gasteiger partial charge in [-0.05, 0) is 20.2 Å². The summed E-state index contributed by atoms with van der Waals surface area (Å²) >= 11 is 0. The van der Waals surface area contributed by atoms with E-state index in [0.717, 1.165) is 13.1 Å². The van der Waals surface area contributed by atoms with Crippen molar-refractivity contribution in [2.24, 2.45) is 0 Å². The molecule has 1 amide bonds. The molecule has 0 saturated carbocycles. The number of anilines is 1. The first-order chi connectivity index (χ1) is 9.04. The molecule has 0 radical (unpaired) electrons. The van der Waals surface area contributed by atoms with Crippen molar-refractivity contribution in [1.29, 1.82) is 0 Å². The van der Waals surface area contributed by atoms with E-state index in [-0.39, 0.29) is 23.8 Å². The number of hydrogen-bond acceptors (Lipinski definition) is 5. The highest BCUT2D eigenvalue weighted by molar-refractivity contribution is 5.94. The first kappa shape index (κ1) is 15.1. The molecular formula is C12H18N4O3. The monoisotopic (exact) mass is 266 g/mol. The predicted molar refractivity (Wildman–Crippen MR) is 73.1 cm³/mol. The Hall–Kier alpha value is -1.99. The summed E-state index contributed by atoms with van der Waals surface area (Å²) in [7, 11) is 3.65. The van der Waals surface area contributed by atoms with Crippen molar-refractivity contribution in [2.75, 3.05) is 39.0 Å². The predicted octanol–water partition coefficient (Wildman–Crippen LogP) is 0.685. The number of nitrogens with zero attached hydrogens (tertiary/aromatic N) is 2. The number of likely N-dealkylation sites (N-methyl/N-ethyl adjacent to an activating group) is 2. The van der Waals surface area contributed by atoms with Gasteiger partial charge in [-0.1, -0.05) is 12.1 Å². The van der Waals surface area contributed by atoms with Gasteiger partial charge in [-0.2, -0.15) is 0 Å². The smallest absolute Gasteiger partial charge is 0.292 e. The van der Waals surface area contributed by atoms with Gasteiger partial charge >= 0.3 is 0 Å². The number of benzene rings is 1. The van der Waals surface area contributed by atoms with Gasteiger partial charge in [-0.3, -0.25) is 19.8 Å². The zero-order valence-electron chi connectivity index (χ0n) is 11.0. The van der Waals surface area contributed by atoms with Crippen LogP contribution in [0, 0.1) is 10.1 Å². The summed E-state index contributed by atoms with van der Waals surface area (Å²) in [4.78, 5) is 23.9. The molecule has 0 aliphatic rings. The van der Waals surface area contributed by atoms with Gasteiger partial charge in [0.15, 0.2) is 0 Å². The number of nitrogens with one attached hydrogen (secondary N) is 2. The van der Waals surface area contributed by atoms with Crippen LogP contribution in [0.25, 0.3) is 0 Å². The zero-order chi connectivity index (χ0) is 14.3. The second kappa shape index (κ2) is 7.45. The third kappa shape index (κ3) is 5.02. The average Bonchev–Trinajstić information content (AvgIpc) is 2.36. The molecule has 7 nitrogen and oxygen atoms in total. The molecule has 7 heteroatoms. The van der Waals surface area contributed by atoms with E-state index in [1.54, 1.807) is 12.1 Å². The molecule has 0 atom stereocenters. The summed E-state index contributed by atoms with van der Waals surface area (Å²) in [6, 6.07) is 6.09. The lowest BCUT2D eigenvalue weighted by atomic mass is 10.2. The molecular weight excluding hydrogens is 248 g/mol. The molecule has 0 spiro atoms. The maximum Gasteiger partial charge on any atom is 0.292 e. The van der Waals surface area contributed by atoms with Crippen molar-refractivity contribution in [2.45, 2.75) is 0 Å². The Kier molecular flexibility index (Phi) is 5.91. The van der Waals surface area contributed by atoms with E-state index >= 15 is 0 Å². The molecule has 0 aromatic heterocycles. The van der Waals surface area contributed by atoms with Crippen LogP contribution < -0.4 is 10.6 Å². The van der Waals surface area contributed by atoms with Gasteiger partial charge < -0.3 is 10.6 Å². The topological polar surface area (TPSA) is 87.5 Å². The molecule has 0 bridgehead atoms. The molecule has 0 unspecified atom stereocenters. The molecule has 0 aliphatic heterocycles. The molecule has 1 aromatic rings. The fourth-order valence-electron chi connectivity index (χ4n) is 1.56. The summed E-state index contributed by atoms with van der Waals surface area (Å²) in [5, 5.41) is 16.3. The van der Waals surface area contributed by atoms with Gasteiger partial charge in [-0.25, -0.2) is 0 Å². The molecule has 2 N–H and O–H groups in total. The molecule has 19 heavy (non-hydrogen) atoms. The number of amides is 1. The second-order valence-electron chi connectivity index (χ2n) is 4.16. The summed E-state index contributed by atoms with van der Waals surface area (Å²) in [6.07, 6.45) is 0. The summed E-state index contributed by atoms with van der Waals surface area (Å²) in [6.45, 7) is 1.68. The van der Waals surface area contributed by atoms with Crippen molar-refractivity contribution in [1.82, 2.24) is 10.2 Å². The maximum absolute atomic E-state index is 11.8. The highest BCUT2D eigenvalue weighted by Gasteiger charge is 2.15. The molecule has 104 valence electrons. The Balaban J connectivity index is 2.60. The Labute approximate surface area is 111 Å². The number of rotatable bonds is 7. The van der Waals surface area contributed by atoms with E-state index in [1.807, 2.05) is 19.0 Å². The fourth-order valence-corrected chi connectivity index (χ4v) is 1.56. The third-order valence-electron chi connectivity index (χ3n) is 2.53. The molecule has 0 aliphatic carbocycles. The normalized spacial score (nSPS) is 10.5. The Morgan fingerprint density at radius 2 is 2.11 bits per heavy atom. The van der Waals surface area contributed by atoms with Gasteiger partial charge in [0.05, 0.1) is 11.5 Å². The SMILES string of the molecule is CNCCN(C)CC(=O)Nc1ccccc1[N+](=O)[O-]. The van der Waals surface area contributed by atoms with Gasteiger partial charge in [-0.15, -0.1) is 0 Å². The van der Waals surface area contributed by atoms with Crippen LogP contribution in [0.3, 0.4) is 0 Å². The van der Waals surface area contributed by atoms with E-state index < -0.39 is 4.92 Å². The summed E-state index contributed by atoms with van der Waals surface area (Å²) in [5.74, 6) is -0.270. The van der Waals surface area contributed by atoms with Crippen LogP contribution in [0.4, 0.5) is 11.4 Å². The second-order valence-corrected chi connectivity index (χ2v) is 4.16. The number of carbonyl (C=O) groups is 1. The first-order valence-electron chi connectivity index (χ1n) is 5.91. The van der Waals surface area contributed by atoms with Crippen molar-refractivity contribution in [3.8, 4) is 0 Å². The lowest BCUT2D eigenvalue weighted by Crippen LogP contribution is -2.34. The lowest BCUT2D eigenvalue weighted by molar-refractivity contribution is -0.383. The number of hydrogen-bond donors (Lipinski definition) is 2. The van der Waals surface area contributed by atoms with E-state index in [0.29, 0.717) is 0 Å². The van der Waals surface area contributed by atoms with E-state index in [4.69, 9.17) is 0 Å². The largest absolute Gasteiger partial charge is 0.319 e. The van der Waals surface area contributed by atoms with Crippen LogP contribution in [0.1, 0.15) is 0 Å². The van der Waals surface area contributed by atoms with Crippen LogP contribution >= 0.6 is 0 Å². The minimum absolute atomic E-state index is 0.103. The van der Waals surface area contributed by atoms with Crippen LogP contribution in [-0.4, -0.2) is 49.5 Å². The van der Waals surface area contributed by atoms with Crippen molar-refractivity contribution in [3.05, 3.63) is 34.4 Å². The minimum Gasteiger partial charge on any atom is -0.319 e. The number of para-hydroxylation sites is 2. The molecule has 0 heterocycles. The Morgan fingerprint density at radius 3 is 2.74 bits per heavy atom. The maximum atomic E-state index is 11.8. The van der Waals surface area contributed by atoms with Gasteiger partial charge in [0.1, 0.15) is 5.69 Å². The Morgan fingerprint density at radius 1 is 1.42 bits per heavy atom.